The predicted molar refractivity (Wildman–Crippen MR) is 81.5 cm³/mol. The third kappa shape index (κ3) is 4.16. The second kappa shape index (κ2) is 6.45. The minimum atomic E-state index is -0.0653. The summed E-state index contributed by atoms with van der Waals surface area (Å²) in [6.07, 6.45) is 0. The van der Waals surface area contributed by atoms with Crippen molar-refractivity contribution in [2.24, 2.45) is 11.8 Å². The van der Waals surface area contributed by atoms with E-state index >= 15 is 0 Å². The van der Waals surface area contributed by atoms with E-state index in [2.05, 4.69) is 26.1 Å². The zero-order chi connectivity index (χ0) is 14.6. The van der Waals surface area contributed by atoms with Crippen LogP contribution in [-0.2, 0) is 0 Å². The third-order valence-corrected chi connectivity index (χ3v) is 3.49. The van der Waals surface area contributed by atoms with E-state index in [1.165, 1.54) is 0 Å². The van der Waals surface area contributed by atoms with Gasteiger partial charge in [0.25, 0.3) is 5.91 Å². The maximum absolute atomic E-state index is 12.0. The van der Waals surface area contributed by atoms with Crippen LogP contribution in [-0.4, -0.2) is 26.5 Å². The van der Waals surface area contributed by atoms with Crippen LogP contribution < -0.4 is 16.0 Å². The number of nitrogens with two attached hydrogens (primary N) is 1. The monoisotopic (exact) mass is 263 g/mol. The fraction of sp³-hybridized carbons (Fsp3) is 0.533. The van der Waals surface area contributed by atoms with Crippen molar-refractivity contribution in [2.45, 2.75) is 20.8 Å². The Labute approximate surface area is 116 Å². The van der Waals surface area contributed by atoms with Crippen LogP contribution in [0.15, 0.2) is 18.2 Å². The van der Waals surface area contributed by atoms with E-state index in [4.69, 9.17) is 5.73 Å². The van der Waals surface area contributed by atoms with Crippen LogP contribution in [0.1, 0.15) is 31.1 Å². The minimum Gasteiger partial charge on any atom is -0.397 e. The Morgan fingerprint density at radius 2 is 1.95 bits per heavy atom. The normalized spacial score (nSPS) is 12.3. The highest BCUT2D eigenvalue weighted by Gasteiger charge is 2.12. The molecule has 0 heterocycles. The molecule has 1 aromatic carbocycles. The molecule has 0 saturated carbocycles. The molecular weight excluding hydrogens is 238 g/mol. The minimum absolute atomic E-state index is 0.0653. The molecule has 0 fully saturated rings. The maximum Gasteiger partial charge on any atom is 0.251 e. The van der Waals surface area contributed by atoms with Gasteiger partial charge in [-0.2, -0.15) is 0 Å². The van der Waals surface area contributed by atoms with E-state index < -0.39 is 0 Å². The molecule has 1 atom stereocenters. The molecule has 0 bridgehead atoms. The summed E-state index contributed by atoms with van der Waals surface area (Å²) in [6.45, 7) is 7.13. The summed E-state index contributed by atoms with van der Waals surface area (Å²) >= 11 is 0. The lowest BCUT2D eigenvalue weighted by atomic mass is 9.98. The number of nitrogens with zero attached hydrogens (tertiary/aromatic N) is 1. The van der Waals surface area contributed by atoms with E-state index in [1.807, 2.05) is 25.1 Å². The fourth-order valence-electron chi connectivity index (χ4n) is 1.69. The Bertz CT molecular complexity index is 441. The molecule has 19 heavy (non-hydrogen) atoms. The van der Waals surface area contributed by atoms with E-state index in [0.717, 1.165) is 5.69 Å². The highest BCUT2D eigenvalue weighted by Crippen LogP contribution is 2.22. The Morgan fingerprint density at radius 3 is 2.42 bits per heavy atom. The lowest BCUT2D eigenvalue weighted by molar-refractivity contribution is 0.0945. The molecule has 1 unspecified atom stereocenters. The summed E-state index contributed by atoms with van der Waals surface area (Å²) in [5.74, 6) is 0.952. The molecule has 0 aromatic heterocycles. The van der Waals surface area contributed by atoms with Crippen LogP contribution >= 0.6 is 0 Å². The topological polar surface area (TPSA) is 58.4 Å². The number of hydrogen-bond donors (Lipinski definition) is 2. The van der Waals surface area contributed by atoms with Crippen molar-refractivity contribution in [3.8, 4) is 0 Å². The highest BCUT2D eigenvalue weighted by atomic mass is 16.1. The van der Waals surface area contributed by atoms with Gasteiger partial charge in [0.05, 0.1) is 11.4 Å². The van der Waals surface area contributed by atoms with E-state index in [0.29, 0.717) is 29.6 Å². The second-order valence-electron chi connectivity index (χ2n) is 5.60. The van der Waals surface area contributed by atoms with Crippen LogP contribution in [0.3, 0.4) is 0 Å². The average Bonchev–Trinajstić information content (AvgIpc) is 2.34. The van der Waals surface area contributed by atoms with Crippen LogP contribution in [0.4, 0.5) is 11.4 Å². The summed E-state index contributed by atoms with van der Waals surface area (Å²) in [5, 5.41) is 2.95. The summed E-state index contributed by atoms with van der Waals surface area (Å²) in [4.78, 5) is 14.0. The molecule has 0 spiro atoms. The van der Waals surface area contributed by atoms with Crippen LogP contribution in [0.2, 0.25) is 0 Å². The number of anilines is 2. The van der Waals surface area contributed by atoms with Crippen molar-refractivity contribution in [1.82, 2.24) is 5.32 Å². The second-order valence-corrected chi connectivity index (χ2v) is 5.60. The summed E-state index contributed by atoms with van der Waals surface area (Å²) in [6, 6.07) is 5.40. The summed E-state index contributed by atoms with van der Waals surface area (Å²) < 4.78 is 0. The highest BCUT2D eigenvalue weighted by molar-refractivity contribution is 5.96. The van der Waals surface area contributed by atoms with E-state index in [1.54, 1.807) is 12.1 Å². The Kier molecular flexibility index (Phi) is 5.21. The zero-order valence-corrected chi connectivity index (χ0v) is 12.5. The first-order chi connectivity index (χ1) is 8.82. The largest absolute Gasteiger partial charge is 0.397 e. The van der Waals surface area contributed by atoms with Gasteiger partial charge in [0.15, 0.2) is 0 Å². The molecule has 3 N–H and O–H groups in total. The molecule has 0 radical (unpaired) electrons. The summed E-state index contributed by atoms with van der Waals surface area (Å²) in [7, 11) is 3.85. The molecule has 106 valence electrons. The lowest BCUT2D eigenvalue weighted by Crippen LogP contribution is -2.30. The van der Waals surface area contributed by atoms with Gasteiger partial charge in [-0.05, 0) is 30.0 Å². The molecule has 0 saturated heterocycles. The number of nitrogens with one attached hydrogen (secondary N) is 1. The smallest absolute Gasteiger partial charge is 0.251 e. The maximum atomic E-state index is 12.0. The van der Waals surface area contributed by atoms with Gasteiger partial charge in [-0.25, -0.2) is 0 Å². The van der Waals surface area contributed by atoms with Crippen LogP contribution in [0.25, 0.3) is 0 Å². The van der Waals surface area contributed by atoms with E-state index in [9.17, 15) is 4.79 Å². The van der Waals surface area contributed by atoms with Crippen LogP contribution in [0.5, 0.6) is 0 Å². The predicted octanol–water partition coefficient (Wildman–Crippen LogP) is 2.36. The van der Waals surface area contributed by atoms with Gasteiger partial charge < -0.3 is 16.0 Å². The van der Waals surface area contributed by atoms with Gasteiger partial charge >= 0.3 is 0 Å². The van der Waals surface area contributed by atoms with Gasteiger partial charge in [-0.3, -0.25) is 4.79 Å². The van der Waals surface area contributed by atoms with E-state index in [-0.39, 0.29) is 5.91 Å². The lowest BCUT2D eigenvalue weighted by Gasteiger charge is -2.18. The van der Waals surface area contributed by atoms with Crippen molar-refractivity contribution < 1.29 is 4.79 Å². The quantitative estimate of drug-likeness (QED) is 0.802. The molecule has 4 heteroatoms. The zero-order valence-electron chi connectivity index (χ0n) is 12.5. The van der Waals surface area contributed by atoms with Crippen molar-refractivity contribution in [1.29, 1.82) is 0 Å². The summed E-state index contributed by atoms with van der Waals surface area (Å²) in [5.41, 5.74) is 8.10. The molecule has 0 aliphatic heterocycles. The average molecular weight is 263 g/mol. The number of nitrogen functional groups attached to an aromatic ring is 1. The molecule has 0 aliphatic rings. The van der Waals surface area contributed by atoms with Crippen molar-refractivity contribution in [3.05, 3.63) is 23.8 Å². The van der Waals surface area contributed by atoms with Crippen molar-refractivity contribution in [2.75, 3.05) is 31.3 Å². The first kappa shape index (κ1) is 15.3. The van der Waals surface area contributed by atoms with Crippen LogP contribution in [0, 0.1) is 11.8 Å². The molecule has 4 nitrogen and oxygen atoms in total. The van der Waals surface area contributed by atoms with Gasteiger partial charge in [-0.15, -0.1) is 0 Å². The number of rotatable bonds is 5. The Hall–Kier alpha value is -1.71. The van der Waals surface area contributed by atoms with Gasteiger partial charge in [0.2, 0.25) is 0 Å². The Morgan fingerprint density at radius 1 is 1.32 bits per heavy atom. The number of carbonyl (C=O) groups is 1. The number of benzene rings is 1. The molecule has 1 aromatic rings. The number of hydrogen-bond acceptors (Lipinski definition) is 3. The van der Waals surface area contributed by atoms with Gasteiger partial charge in [0, 0.05) is 26.2 Å². The number of amides is 1. The van der Waals surface area contributed by atoms with Gasteiger partial charge in [-0.1, -0.05) is 20.8 Å². The number of carbonyl (C=O) groups excluding carboxylic acids is 1. The molecule has 0 aliphatic carbocycles. The first-order valence-electron chi connectivity index (χ1n) is 6.68. The van der Waals surface area contributed by atoms with Gasteiger partial charge in [0.1, 0.15) is 0 Å². The molecule has 1 rings (SSSR count). The fourth-order valence-corrected chi connectivity index (χ4v) is 1.69. The SMILES string of the molecule is CC(C)C(C)CNC(=O)c1ccc(N(C)C)c(N)c1. The van der Waals surface area contributed by atoms with Crippen molar-refractivity contribution in [3.63, 3.8) is 0 Å². The first-order valence-corrected chi connectivity index (χ1v) is 6.68. The molecular formula is C15H25N3O. The third-order valence-electron chi connectivity index (χ3n) is 3.49. The molecule has 1 amide bonds. The van der Waals surface area contributed by atoms with Crippen molar-refractivity contribution >= 4 is 17.3 Å². The standard InChI is InChI=1S/C15H25N3O/c1-10(2)11(3)9-17-15(19)12-6-7-14(18(4)5)13(16)8-12/h6-8,10-11H,9,16H2,1-5H3,(H,17,19). The Balaban J connectivity index is 2.70.